The molecular weight excluding hydrogens is 224 g/mol. The van der Waals surface area contributed by atoms with Gasteiger partial charge in [0.2, 0.25) is 0 Å². The largest absolute Gasteiger partial charge is 0.478 e. The monoisotopic (exact) mass is 232 g/mol. The fourth-order valence-corrected chi connectivity index (χ4v) is 1.23. The Balaban J connectivity index is 2.39. The van der Waals surface area contributed by atoms with Gasteiger partial charge >= 0.3 is 11.7 Å². The maximum atomic E-state index is 11.3. The molecule has 0 atom stereocenters. The summed E-state index contributed by atoms with van der Waals surface area (Å²) in [4.78, 5) is 25.7. The molecule has 0 bridgehead atoms. The molecule has 0 aliphatic carbocycles. The third-order valence-electron chi connectivity index (χ3n) is 1.95. The lowest BCUT2D eigenvalue weighted by molar-refractivity contribution is -0.131. The van der Waals surface area contributed by atoms with E-state index in [4.69, 9.17) is 5.11 Å². The molecule has 86 valence electrons. The summed E-state index contributed by atoms with van der Waals surface area (Å²) >= 11 is 0. The second kappa shape index (κ2) is 4.44. The number of nitrogens with zero attached hydrogens (tertiary/aromatic N) is 3. The fourth-order valence-electron chi connectivity index (χ4n) is 1.23. The molecule has 0 radical (unpaired) electrons. The van der Waals surface area contributed by atoms with E-state index in [9.17, 15) is 9.59 Å². The van der Waals surface area contributed by atoms with Crippen molar-refractivity contribution in [3.05, 3.63) is 46.8 Å². The normalized spacial score (nSPS) is 10.8. The van der Waals surface area contributed by atoms with Gasteiger partial charge in [-0.1, -0.05) is 6.07 Å². The Bertz CT molecular complexity index is 626. The second-order valence-electron chi connectivity index (χ2n) is 3.12. The molecule has 7 heteroatoms. The van der Waals surface area contributed by atoms with Crippen LogP contribution in [0.15, 0.2) is 35.4 Å². The Morgan fingerprint density at radius 3 is 2.94 bits per heavy atom. The predicted molar refractivity (Wildman–Crippen MR) is 58.6 cm³/mol. The number of carboxylic acid groups (broad SMARTS) is 1. The lowest BCUT2D eigenvalue weighted by Gasteiger charge is -1.99. The van der Waals surface area contributed by atoms with Gasteiger partial charge in [-0.3, -0.25) is 0 Å². The van der Waals surface area contributed by atoms with Crippen molar-refractivity contribution in [2.45, 2.75) is 0 Å². The van der Waals surface area contributed by atoms with Crippen molar-refractivity contribution in [1.82, 2.24) is 19.7 Å². The van der Waals surface area contributed by atoms with Gasteiger partial charge in [0.05, 0.1) is 5.69 Å². The first-order chi connectivity index (χ1) is 8.16. The fraction of sp³-hybridized carbons (Fsp3) is 0. The summed E-state index contributed by atoms with van der Waals surface area (Å²) in [5, 5.41) is 14.3. The number of hydrogen-bond donors (Lipinski definition) is 2. The van der Waals surface area contributed by atoms with E-state index in [1.807, 2.05) is 0 Å². The summed E-state index contributed by atoms with van der Waals surface area (Å²) in [5.74, 6) is -0.686. The summed E-state index contributed by atoms with van der Waals surface area (Å²) in [7, 11) is 0. The van der Waals surface area contributed by atoms with Crippen LogP contribution in [-0.2, 0) is 4.79 Å². The summed E-state index contributed by atoms with van der Waals surface area (Å²) in [5.41, 5.74) is 0.0369. The molecule has 0 aromatic carbocycles. The van der Waals surface area contributed by atoms with Crippen molar-refractivity contribution >= 4 is 12.0 Å². The third-order valence-corrected chi connectivity index (χ3v) is 1.95. The minimum atomic E-state index is -1.06. The SMILES string of the molecule is O=C(O)/C=C/c1cccc(-n2cn[nH]c2=O)n1. The maximum absolute atomic E-state index is 11.3. The average molecular weight is 232 g/mol. The topological polar surface area (TPSA) is 101 Å². The molecule has 2 aromatic heterocycles. The Kier molecular flexibility index (Phi) is 2.82. The van der Waals surface area contributed by atoms with E-state index in [1.54, 1.807) is 18.2 Å². The van der Waals surface area contributed by atoms with Crippen molar-refractivity contribution < 1.29 is 9.90 Å². The first kappa shape index (κ1) is 10.8. The van der Waals surface area contributed by atoms with Gasteiger partial charge in [-0.05, 0) is 18.2 Å². The van der Waals surface area contributed by atoms with Gasteiger partial charge in [0.15, 0.2) is 0 Å². The van der Waals surface area contributed by atoms with E-state index in [-0.39, 0.29) is 0 Å². The van der Waals surface area contributed by atoms with E-state index in [1.165, 1.54) is 17.0 Å². The summed E-state index contributed by atoms with van der Waals surface area (Å²) in [6.07, 6.45) is 3.62. The van der Waals surface area contributed by atoms with E-state index in [0.717, 1.165) is 6.08 Å². The van der Waals surface area contributed by atoms with Crippen molar-refractivity contribution in [2.75, 3.05) is 0 Å². The van der Waals surface area contributed by atoms with Gasteiger partial charge < -0.3 is 5.11 Å². The molecule has 2 aromatic rings. The number of rotatable bonds is 3. The number of aliphatic carboxylic acids is 1. The summed E-state index contributed by atoms with van der Waals surface area (Å²) in [6, 6.07) is 4.92. The number of aromatic amines is 1. The summed E-state index contributed by atoms with van der Waals surface area (Å²) in [6.45, 7) is 0. The minimum absolute atomic E-state index is 0.372. The molecule has 0 fully saturated rings. The molecule has 2 heterocycles. The van der Waals surface area contributed by atoms with Gasteiger partial charge in [-0.25, -0.2) is 24.2 Å². The number of carbonyl (C=O) groups is 1. The lowest BCUT2D eigenvalue weighted by Crippen LogP contribution is -2.15. The van der Waals surface area contributed by atoms with Crippen molar-refractivity contribution in [1.29, 1.82) is 0 Å². The molecule has 0 amide bonds. The Labute approximate surface area is 95.1 Å². The molecule has 7 nitrogen and oxygen atoms in total. The van der Waals surface area contributed by atoms with Crippen LogP contribution in [0.3, 0.4) is 0 Å². The van der Waals surface area contributed by atoms with Crippen LogP contribution < -0.4 is 5.69 Å². The standard InChI is InChI=1S/C10H8N4O3/c15-9(16)5-4-7-2-1-3-8(12-7)14-6-11-13-10(14)17/h1-6H,(H,13,17)(H,15,16)/b5-4+. The van der Waals surface area contributed by atoms with Crippen molar-refractivity contribution in [3.63, 3.8) is 0 Å². The Hall–Kier alpha value is -2.70. The molecule has 2 N–H and O–H groups in total. The molecule has 2 rings (SSSR count). The number of hydrogen-bond acceptors (Lipinski definition) is 4. The van der Waals surface area contributed by atoms with Gasteiger partial charge in [-0.2, -0.15) is 5.10 Å². The average Bonchev–Trinajstić information content (AvgIpc) is 2.73. The highest BCUT2D eigenvalue weighted by Crippen LogP contribution is 2.04. The Morgan fingerprint density at radius 1 is 1.47 bits per heavy atom. The highest BCUT2D eigenvalue weighted by atomic mass is 16.4. The molecule has 0 aliphatic rings. The zero-order chi connectivity index (χ0) is 12.3. The lowest BCUT2D eigenvalue weighted by atomic mass is 10.3. The van der Waals surface area contributed by atoms with Gasteiger partial charge in [-0.15, -0.1) is 0 Å². The molecule has 0 aliphatic heterocycles. The summed E-state index contributed by atoms with van der Waals surface area (Å²) < 4.78 is 1.22. The Morgan fingerprint density at radius 2 is 2.29 bits per heavy atom. The number of pyridine rings is 1. The number of H-pyrrole nitrogens is 1. The van der Waals surface area contributed by atoms with Crippen LogP contribution in [0.1, 0.15) is 5.69 Å². The van der Waals surface area contributed by atoms with Crippen LogP contribution in [0, 0.1) is 0 Å². The van der Waals surface area contributed by atoms with Crippen LogP contribution >= 0.6 is 0 Å². The molecule has 0 unspecified atom stereocenters. The van der Waals surface area contributed by atoms with E-state index in [0.29, 0.717) is 11.5 Å². The van der Waals surface area contributed by atoms with Gasteiger partial charge in [0.1, 0.15) is 12.1 Å². The molecule has 17 heavy (non-hydrogen) atoms. The number of carboxylic acids is 1. The van der Waals surface area contributed by atoms with Crippen LogP contribution in [0.5, 0.6) is 0 Å². The van der Waals surface area contributed by atoms with Crippen molar-refractivity contribution in [2.24, 2.45) is 0 Å². The third kappa shape index (κ3) is 2.46. The number of nitrogens with one attached hydrogen (secondary N) is 1. The van der Waals surface area contributed by atoms with Crippen LogP contribution in [0.4, 0.5) is 0 Å². The smallest absolute Gasteiger partial charge is 0.348 e. The maximum Gasteiger partial charge on any atom is 0.348 e. The molecular formula is C10H8N4O3. The minimum Gasteiger partial charge on any atom is -0.478 e. The highest BCUT2D eigenvalue weighted by Gasteiger charge is 2.02. The quantitative estimate of drug-likeness (QED) is 0.728. The first-order valence-corrected chi connectivity index (χ1v) is 4.67. The molecule has 0 spiro atoms. The van der Waals surface area contributed by atoms with Gasteiger partial charge in [0.25, 0.3) is 0 Å². The molecule has 0 saturated heterocycles. The van der Waals surface area contributed by atoms with E-state index < -0.39 is 11.7 Å². The van der Waals surface area contributed by atoms with E-state index >= 15 is 0 Å². The van der Waals surface area contributed by atoms with Gasteiger partial charge in [0, 0.05) is 6.08 Å². The van der Waals surface area contributed by atoms with Crippen molar-refractivity contribution in [3.8, 4) is 5.82 Å². The zero-order valence-electron chi connectivity index (χ0n) is 8.57. The number of aromatic nitrogens is 4. The molecule has 0 saturated carbocycles. The van der Waals surface area contributed by atoms with Crippen LogP contribution in [-0.4, -0.2) is 30.8 Å². The second-order valence-corrected chi connectivity index (χ2v) is 3.12. The zero-order valence-corrected chi connectivity index (χ0v) is 8.57. The predicted octanol–water partition coefficient (Wildman–Crippen LogP) is 0.0534. The first-order valence-electron chi connectivity index (χ1n) is 4.67. The van der Waals surface area contributed by atoms with E-state index in [2.05, 4.69) is 15.2 Å². The van der Waals surface area contributed by atoms with Crippen LogP contribution in [0.25, 0.3) is 11.9 Å². The van der Waals surface area contributed by atoms with Crippen LogP contribution in [0.2, 0.25) is 0 Å². The highest BCUT2D eigenvalue weighted by molar-refractivity contribution is 5.84.